The lowest BCUT2D eigenvalue weighted by molar-refractivity contribution is 0.00946. The van der Waals surface area contributed by atoms with Crippen molar-refractivity contribution in [2.24, 2.45) is 5.92 Å². The Bertz CT molecular complexity index is 228. The van der Waals surface area contributed by atoms with Gasteiger partial charge in [0.05, 0.1) is 12.7 Å². The predicted octanol–water partition coefficient (Wildman–Crippen LogP) is 1.36. The fourth-order valence-electron chi connectivity index (χ4n) is 2.36. The zero-order valence-corrected chi connectivity index (χ0v) is 12.7. The van der Waals surface area contributed by atoms with Gasteiger partial charge in [-0.2, -0.15) is 0 Å². The first-order valence-corrected chi connectivity index (χ1v) is 6.93. The summed E-state index contributed by atoms with van der Waals surface area (Å²) in [5.41, 5.74) is 0.221. The molecule has 4 heteroatoms. The van der Waals surface area contributed by atoms with Crippen LogP contribution in [0.15, 0.2) is 0 Å². The molecule has 0 aromatic heterocycles. The van der Waals surface area contributed by atoms with Crippen molar-refractivity contribution >= 4 is 0 Å². The van der Waals surface area contributed by atoms with Gasteiger partial charge in [0.1, 0.15) is 0 Å². The quantitative estimate of drug-likeness (QED) is 0.747. The molecular formula is C14H30N2O2. The first-order chi connectivity index (χ1) is 8.44. The molecule has 0 spiro atoms. The average molecular weight is 258 g/mol. The summed E-state index contributed by atoms with van der Waals surface area (Å²) in [6.45, 7) is 11.8. The zero-order chi connectivity index (χ0) is 13.6. The molecule has 108 valence electrons. The highest BCUT2D eigenvalue weighted by Gasteiger charge is 2.25. The second-order valence-corrected chi connectivity index (χ2v) is 6.36. The summed E-state index contributed by atoms with van der Waals surface area (Å²) >= 11 is 0. The van der Waals surface area contributed by atoms with E-state index in [9.17, 15) is 0 Å². The van der Waals surface area contributed by atoms with Crippen LogP contribution in [0.4, 0.5) is 0 Å². The van der Waals surface area contributed by atoms with E-state index < -0.39 is 0 Å². The number of hydrogen-bond acceptors (Lipinski definition) is 4. The van der Waals surface area contributed by atoms with Crippen molar-refractivity contribution in [2.45, 2.75) is 38.8 Å². The fourth-order valence-corrected chi connectivity index (χ4v) is 2.36. The number of ether oxygens (including phenoxy) is 2. The molecule has 1 fully saturated rings. The maximum absolute atomic E-state index is 5.42. The van der Waals surface area contributed by atoms with Crippen molar-refractivity contribution < 1.29 is 9.47 Å². The summed E-state index contributed by atoms with van der Waals surface area (Å²) in [6.07, 6.45) is 1.48. The molecule has 1 aliphatic heterocycles. The molecule has 1 heterocycles. The standard InChI is InChI=1S/C14H30N2O2/c1-14(2,3)15-8-12-6-7-16(9-12)10-13(18-5)11-17-4/h12-13,15H,6-11H2,1-5H3. The lowest BCUT2D eigenvalue weighted by Crippen LogP contribution is -2.40. The summed E-state index contributed by atoms with van der Waals surface area (Å²) in [5.74, 6) is 0.768. The van der Waals surface area contributed by atoms with Gasteiger partial charge < -0.3 is 19.7 Å². The largest absolute Gasteiger partial charge is 0.382 e. The van der Waals surface area contributed by atoms with Gasteiger partial charge in [-0.05, 0) is 46.2 Å². The van der Waals surface area contributed by atoms with Crippen molar-refractivity contribution in [1.29, 1.82) is 0 Å². The fraction of sp³-hybridized carbons (Fsp3) is 1.00. The molecule has 1 N–H and O–H groups in total. The molecule has 2 atom stereocenters. The Hall–Kier alpha value is -0.160. The van der Waals surface area contributed by atoms with E-state index in [0.717, 1.165) is 19.0 Å². The molecule has 0 aliphatic carbocycles. The van der Waals surface area contributed by atoms with Crippen LogP contribution in [0.5, 0.6) is 0 Å². The topological polar surface area (TPSA) is 33.7 Å². The summed E-state index contributed by atoms with van der Waals surface area (Å²) in [7, 11) is 3.49. The van der Waals surface area contributed by atoms with Gasteiger partial charge in [-0.1, -0.05) is 0 Å². The molecule has 1 rings (SSSR count). The number of nitrogens with zero attached hydrogens (tertiary/aromatic N) is 1. The van der Waals surface area contributed by atoms with Gasteiger partial charge in [-0.3, -0.25) is 0 Å². The van der Waals surface area contributed by atoms with Crippen LogP contribution in [0, 0.1) is 5.92 Å². The normalized spacial score (nSPS) is 23.5. The summed E-state index contributed by atoms with van der Waals surface area (Å²) in [6, 6.07) is 0. The highest BCUT2D eigenvalue weighted by molar-refractivity contribution is 4.81. The van der Waals surface area contributed by atoms with Crippen molar-refractivity contribution in [3.63, 3.8) is 0 Å². The molecule has 0 aromatic carbocycles. The van der Waals surface area contributed by atoms with Crippen LogP contribution >= 0.6 is 0 Å². The average Bonchev–Trinajstić information content (AvgIpc) is 2.73. The Morgan fingerprint density at radius 1 is 1.33 bits per heavy atom. The van der Waals surface area contributed by atoms with Gasteiger partial charge in [0, 0.05) is 32.8 Å². The highest BCUT2D eigenvalue weighted by atomic mass is 16.5. The third-order valence-corrected chi connectivity index (χ3v) is 3.44. The second-order valence-electron chi connectivity index (χ2n) is 6.36. The Kier molecular flexibility index (Phi) is 6.57. The molecule has 4 nitrogen and oxygen atoms in total. The van der Waals surface area contributed by atoms with Gasteiger partial charge in [0.25, 0.3) is 0 Å². The molecule has 0 saturated carbocycles. The SMILES string of the molecule is COCC(CN1CCC(CNC(C)(C)C)C1)OC. The Balaban J connectivity index is 2.24. The minimum atomic E-state index is 0.198. The van der Waals surface area contributed by atoms with E-state index in [0.29, 0.717) is 6.61 Å². The first-order valence-electron chi connectivity index (χ1n) is 6.93. The second kappa shape index (κ2) is 7.43. The number of hydrogen-bond donors (Lipinski definition) is 1. The van der Waals surface area contributed by atoms with Crippen LogP contribution in [-0.2, 0) is 9.47 Å². The molecule has 2 unspecified atom stereocenters. The van der Waals surface area contributed by atoms with E-state index in [2.05, 4.69) is 31.0 Å². The van der Waals surface area contributed by atoms with E-state index in [1.165, 1.54) is 19.5 Å². The van der Waals surface area contributed by atoms with Crippen LogP contribution in [-0.4, -0.2) is 63.5 Å². The van der Waals surface area contributed by atoms with Gasteiger partial charge in [0.2, 0.25) is 0 Å². The van der Waals surface area contributed by atoms with Crippen molar-refractivity contribution in [1.82, 2.24) is 10.2 Å². The first kappa shape index (κ1) is 15.9. The molecule has 0 amide bonds. The number of rotatable bonds is 7. The maximum Gasteiger partial charge on any atom is 0.0931 e. The van der Waals surface area contributed by atoms with Crippen LogP contribution in [0.2, 0.25) is 0 Å². The highest BCUT2D eigenvalue weighted by Crippen LogP contribution is 2.17. The van der Waals surface area contributed by atoms with Crippen molar-refractivity contribution in [2.75, 3.05) is 47.0 Å². The van der Waals surface area contributed by atoms with E-state index in [1.54, 1.807) is 14.2 Å². The van der Waals surface area contributed by atoms with Gasteiger partial charge in [-0.15, -0.1) is 0 Å². The third-order valence-electron chi connectivity index (χ3n) is 3.44. The van der Waals surface area contributed by atoms with Crippen LogP contribution < -0.4 is 5.32 Å². The minimum absolute atomic E-state index is 0.198. The summed E-state index contributed by atoms with van der Waals surface area (Å²) in [5, 5.41) is 3.59. The van der Waals surface area contributed by atoms with Gasteiger partial charge in [0.15, 0.2) is 0 Å². The van der Waals surface area contributed by atoms with Gasteiger partial charge >= 0.3 is 0 Å². The monoisotopic (exact) mass is 258 g/mol. The van der Waals surface area contributed by atoms with Crippen molar-refractivity contribution in [3.8, 4) is 0 Å². The number of nitrogens with one attached hydrogen (secondary N) is 1. The van der Waals surface area contributed by atoms with E-state index >= 15 is 0 Å². The maximum atomic E-state index is 5.42. The molecule has 18 heavy (non-hydrogen) atoms. The molecule has 1 aliphatic rings. The van der Waals surface area contributed by atoms with Crippen molar-refractivity contribution in [3.05, 3.63) is 0 Å². The van der Waals surface area contributed by atoms with Crippen LogP contribution in [0.3, 0.4) is 0 Å². The van der Waals surface area contributed by atoms with Crippen LogP contribution in [0.25, 0.3) is 0 Å². The Morgan fingerprint density at radius 3 is 2.61 bits per heavy atom. The molecule has 0 aromatic rings. The summed E-state index contributed by atoms with van der Waals surface area (Å²) < 4.78 is 10.6. The molecule has 0 radical (unpaired) electrons. The Morgan fingerprint density at radius 2 is 2.06 bits per heavy atom. The lowest BCUT2D eigenvalue weighted by atomic mass is 10.1. The number of methoxy groups -OCH3 is 2. The zero-order valence-electron chi connectivity index (χ0n) is 12.7. The lowest BCUT2D eigenvalue weighted by Gasteiger charge is -2.24. The van der Waals surface area contributed by atoms with Gasteiger partial charge in [-0.25, -0.2) is 0 Å². The molecule has 1 saturated heterocycles. The third kappa shape index (κ3) is 6.14. The smallest absolute Gasteiger partial charge is 0.0931 e. The van der Waals surface area contributed by atoms with E-state index in [4.69, 9.17) is 9.47 Å². The minimum Gasteiger partial charge on any atom is -0.382 e. The molecule has 0 bridgehead atoms. The molecular weight excluding hydrogens is 228 g/mol. The van der Waals surface area contributed by atoms with E-state index in [1.807, 2.05) is 0 Å². The predicted molar refractivity (Wildman–Crippen MR) is 75.0 cm³/mol. The summed E-state index contributed by atoms with van der Waals surface area (Å²) in [4.78, 5) is 2.49. The van der Waals surface area contributed by atoms with Crippen LogP contribution in [0.1, 0.15) is 27.2 Å². The Labute approximate surface area is 112 Å². The number of likely N-dealkylation sites (tertiary alicyclic amines) is 1. The van der Waals surface area contributed by atoms with E-state index in [-0.39, 0.29) is 11.6 Å².